The third-order valence-corrected chi connectivity index (χ3v) is 5.68. The second-order valence-electron chi connectivity index (χ2n) is 7.88. The van der Waals surface area contributed by atoms with Crippen LogP contribution in [0.15, 0.2) is 78.9 Å². The summed E-state index contributed by atoms with van der Waals surface area (Å²) >= 11 is 0. The zero-order chi connectivity index (χ0) is 21.6. The number of amides is 2. The molecule has 1 aliphatic rings. The Bertz CT molecular complexity index is 1010. The molecule has 0 unspecified atom stereocenters. The SMILES string of the molecule is CCCCOC[C@@H](Cc1ccc(-c2ccccc2)cc1)N1C(=O)c2ccccc2C1=O. The van der Waals surface area contributed by atoms with Gasteiger partial charge < -0.3 is 4.74 Å². The van der Waals surface area contributed by atoms with Crippen LogP contribution in [0.3, 0.4) is 0 Å². The topological polar surface area (TPSA) is 46.6 Å². The Morgan fingerprint density at radius 3 is 1.97 bits per heavy atom. The van der Waals surface area contributed by atoms with Crippen molar-refractivity contribution < 1.29 is 14.3 Å². The fourth-order valence-corrected chi connectivity index (χ4v) is 3.97. The fourth-order valence-electron chi connectivity index (χ4n) is 3.97. The van der Waals surface area contributed by atoms with Crippen LogP contribution in [0.2, 0.25) is 0 Å². The van der Waals surface area contributed by atoms with Gasteiger partial charge in [0.05, 0.1) is 23.8 Å². The molecule has 0 radical (unpaired) electrons. The van der Waals surface area contributed by atoms with E-state index < -0.39 is 0 Å². The van der Waals surface area contributed by atoms with Gasteiger partial charge in [-0.25, -0.2) is 0 Å². The number of hydrogen-bond acceptors (Lipinski definition) is 3. The molecule has 1 aliphatic heterocycles. The zero-order valence-corrected chi connectivity index (χ0v) is 17.8. The van der Waals surface area contributed by atoms with Crippen molar-refractivity contribution in [2.45, 2.75) is 32.2 Å². The molecule has 0 spiro atoms. The van der Waals surface area contributed by atoms with Crippen LogP contribution in [0.1, 0.15) is 46.0 Å². The van der Waals surface area contributed by atoms with Crippen LogP contribution in [0, 0.1) is 0 Å². The first-order valence-corrected chi connectivity index (χ1v) is 10.9. The number of ether oxygens (including phenoxy) is 1. The molecule has 2 amide bonds. The molecule has 0 bridgehead atoms. The zero-order valence-electron chi connectivity index (χ0n) is 17.8. The van der Waals surface area contributed by atoms with E-state index in [1.807, 2.05) is 18.2 Å². The fraction of sp³-hybridized carbons (Fsp3) is 0.259. The van der Waals surface area contributed by atoms with Crippen molar-refractivity contribution in [1.82, 2.24) is 4.90 Å². The van der Waals surface area contributed by atoms with E-state index in [-0.39, 0.29) is 17.9 Å². The molecule has 4 heteroatoms. The number of carbonyl (C=O) groups excluding carboxylic acids is 2. The van der Waals surface area contributed by atoms with Crippen LogP contribution in [0.4, 0.5) is 0 Å². The second kappa shape index (κ2) is 9.71. The molecule has 31 heavy (non-hydrogen) atoms. The molecule has 4 nitrogen and oxygen atoms in total. The smallest absolute Gasteiger partial charge is 0.261 e. The van der Waals surface area contributed by atoms with Gasteiger partial charge in [0.25, 0.3) is 11.8 Å². The highest BCUT2D eigenvalue weighted by Gasteiger charge is 2.39. The van der Waals surface area contributed by atoms with Gasteiger partial charge in [-0.2, -0.15) is 0 Å². The Morgan fingerprint density at radius 2 is 1.35 bits per heavy atom. The number of hydrogen-bond donors (Lipinski definition) is 0. The first kappa shape index (κ1) is 21.0. The van der Waals surface area contributed by atoms with Gasteiger partial charge in [-0.05, 0) is 41.7 Å². The van der Waals surface area contributed by atoms with Crippen molar-refractivity contribution in [3.63, 3.8) is 0 Å². The third-order valence-electron chi connectivity index (χ3n) is 5.68. The van der Waals surface area contributed by atoms with Crippen LogP contribution in [0.25, 0.3) is 11.1 Å². The minimum Gasteiger partial charge on any atom is -0.379 e. The summed E-state index contributed by atoms with van der Waals surface area (Å²) in [5.74, 6) is -0.462. The first-order chi connectivity index (χ1) is 15.2. The quantitative estimate of drug-likeness (QED) is 0.350. The molecule has 1 atom stereocenters. The van der Waals surface area contributed by atoms with Crippen molar-refractivity contribution in [3.05, 3.63) is 95.6 Å². The standard InChI is InChI=1S/C27H27NO3/c1-2-3-17-31-19-23(28-26(29)24-11-7-8-12-25(24)27(28)30)18-20-13-15-22(16-14-20)21-9-5-4-6-10-21/h4-16,23H,2-3,17-19H2,1H3/t23-/m1/s1. The predicted octanol–water partition coefficient (Wildman–Crippen LogP) is 5.38. The molecule has 0 saturated carbocycles. The average Bonchev–Trinajstić information content (AvgIpc) is 3.07. The first-order valence-electron chi connectivity index (χ1n) is 10.9. The molecular weight excluding hydrogens is 386 g/mol. The maximum Gasteiger partial charge on any atom is 0.261 e. The lowest BCUT2D eigenvalue weighted by atomic mass is 10.0. The Morgan fingerprint density at radius 1 is 0.774 bits per heavy atom. The van der Waals surface area contributed by atoms with Gasteiger partial charge in [-0.3, -0.25) is 14.5 Å². The Labute approximate surface area is 183 Å². The second-order valence-corrected chi connectivity index (χ2v) is 7.88. The summed E-state index contributed by atoms with van der Waals surface area (Å²) in [7, 11) is 0. The molecule has 0 fully saturated rings. The van der Waals surface area contributed by atoms with Crippen molar-refractivity contribution in [2.24, 2.45) is 0 Å². The van der Waals surface area contributed by atoms with E-state index in [0.717, 1.165) is 29.5 Å². The summed E-state index contributed by atoms with van der Waals surface area (Å²) in [6.45, 7) is 3.08. The Balaban J connectivity index is 1.54. The summed E-state index contributed by atoms with van der Waals surface area (Å²) in [6.07, 6.45) is 2.56. The number of rotatable bonds is 9. The van der Waals surface area contributed by atoms with E-state index in [0.29, 0.717) is 30.8 Å². The van der Waals surface area contributed by atoms with E-state index in [1.54, 1.807) is 24.3 Å². The lowest BCUT2D eigenvalue weighted by Gasteiger charge is -2.26. The monoisotopic (exact) mass is 413 g/mol. The maximum absolute atomic E-state index is 13.0. The highest BCUT2D eigenvalue weighted by molar-refractivity contribution is 6.21. The number of carbonyl (C=O) groups is 2. The maximum atomic E-state index is 13.0. The summed E-state index contributed by atoms with van der Waals surface area (Å²) < 4.78 is 5.86. The van der Waals surface area contributed by atoms with Gasteiger partial charge in [0, 0.05) is 6.61 Å². The van der Waals surface area contributed by atoms with Crippen LogP contribution in [0.5, 0.6) is 0 Å². The van der Waals surface area contributed by atoms with Crippen LogP contribution in [-0.4, -0.2) is 36.0 Å². The molecular formula is C27H27NO3. The minimum absolute atomic E-state index is 0.231. The minimum atomic E-state index is -0.341. The normalized spacial score (nSPS) is 14.0. The molecule has 0 aromatic heterocycles. The Kier molecular flexibility index (Phi) is 6.58. The molecule has 4 rings (SSSR count). The lowest BCUT2D eigenvalue weighted by molar-refractivity contribution is 0.0392. The highest BCUT2D eigenvalue weighted by atomic mass is 16.5. The molecule has 3 aromatic rings. The Hall–Kier alpha value is -3.24. The van der Waals surface area contributed by atoms with Gasteiger partial charge >= 0.3 is 0 Å². The number of benzene rings is 3. The predicted molar refractivity (Wildman–Crippen MR) is 122 cm³/mol. The highest BCUT2D eigenvalue weighted by Crippen LogP contribution is 2.27. The molecule has 0 aliphatic carbocycles. The van der Waals surface area contributed by atoms with Crippen molar-refractivity contribution in [1.29, 1.82) is 0 Å². The van der Waals surface area contributed by atoms with E-state index >= 15 is 0 Å². The number of unbranched alkanes of at least 4 members (excludes halogenated alkanes) is 1. The van der Waals surface area contributed by atoms with Crippen LogP contribution in [-0.2, 0) is 11.2 Å². The molecule has 158 valence electrons. The summed E-state index contributed by atoms with van der Waals surface area (Å²) in [6, 6.07) is 25.2. The van der Waals surface area contributed by atoms with E-state index in [2.05, 4.69) is 43.3 Å². The van der Waals surface area contributed by atoms with Crippen molar-refractivity contribution in [3.8, 4) is 11.1 Å². The van der Waals surface area contributed by atoms with Crippen LogP contribution < -0.4 is 0 Å². The van der Waals surface area contributed by atoms with Crippen molar-refractivity contribution >= 4 is 11.8 Å². The van der Waals surface area contributed by atoms with Crippen molar-refractivity contribution in [2.75, 3.05) is 13.2 Å². The molecule has 3 aromatic carbocycles. The third kappa shape index (κ3) is 4.59. The number of fused-ring (bicyclic) bond motifs is 1. The van der Waals surface area contributed by atoms with Gasteiger partial charge in [0.15, 0.2) is 0 Å². The lowest BCUT2D eigenvalue weighted by Crippen LogP contribution is -2.44. The summed E-state index contributed by atoms with van der Waals surface area (Å²) in [5.41, 5.74) is 4.32. The summed E-state index contributed by atoms with van der Waals surface area (Å²) in [5, 5.41) is 0. The van der Waals surface area contributed by atoms with Gasteiger partial charge in [-0.15, -0.1) is 0 Å². The molecule has 1 heterocycles. The average molecular weight is 414 g/mol. The largest absolute Gasteiger partial charge is 0.379 e. The van der Waals surface area contributed by atoms with Gasteiger partial charge in [0.1, 0.15) is 0 Å². The molecule has 0 N–H and O–H groups in total. The van der Waals surface area contributed by atoms with E-state index in [4.69, 9.17) is 4.74 Å². The van der Waals surface area contributed by atoms with Crippen LogP contribution >= 0.6 is 0 Å². The number of nitrogens with zero attached hydrogens (tertiary/aromatic N) is 1. The van der Waals surface area contributed by atoms with Gasteiger partial charge in [0.2, 0.25) is 0 Å². The van der Waals surface area contributed by atoms with E-state index in [9.17, 15) is 9.59 Å². The van der Waals surface area contributed by atoms with Gasteiger partial charge in [-0.1, -0.05) is 80.1 Å². The molecule has 0 saturated heterocycles. The summed E-state index contributed by atoms with van der Waals surface area (Å²) in [4.78, 5) is 27.4. The number of imide groups is 1. The van der Waals surface area contributed by atoms with E-state index in [1.165, 1.54) is 4.90 Å².